The summed E-state index contributed by atoms with van der Waals surface area (Å²) in [7, 11) is 1.85. The van der Waals surface area contributed by atoms with Gasteiger partial charge in [-0.3, -0.25) is 9.69 Å². The molecule has 0 spiro atoms. The van der Waals surface area contributed by atoms with E-state index in [0.717, 1.165) is 0 Å². The monoisotopic (exact) mass is 171 g/mol. The number of carbonyl (C=O) groups excluding carboxylic acids is 1. The van der Waals surface area contributed by atoms with Crippen LogP contribution in [0.2, 0.25) is 0 Å². The van der Waals surface area contributed by atoms with E-state index in [-0.39, 0.29) is 17.9 Å². The van der Waals surface area contributed by atoms with E-state index >= 15 is 0 Å². The van der Waals surface area contributed by atoms with Crippen molar-refractivity contribution in [2.24, 2.45) is 0 Å². The van der Waals surface area contributed by atoms with E-state index < -0.39 is 12.2 Å². The normalized spacial score (nSPS) is 48.4. The van der Waals surface area contributed by atoms with Crippen molar-refractivity contribution in [2.75, 3.05) is 7.05 Å². The van der Waals surface area contributed by atoms with Gasteiger partial charge in [-0.05, 0) is 7.05 Å². The Bertz CT molecular complexity index is 190. The number of hydrogen-bond acceptors (Lipinski definition) is 4. The molecule has 2 aliphatic rings. The lowest BCUT2D eigenvalue weighted by Gasteiger charge is -2.29. The highest BCUT2D eigenvalue weighted by Crippen LogP contribution is 2.32. The van der Waals surface area contributed by atoms with Crippen molar-refractivity contribution in [1.82, 2.24) is 4.90 Å². The van der Waals surface area contributed by atoms with Gasteiger partial charge in [-0.1, -0.05) is 0 Å². The zero-order chi connectivity index (χ0) is 8.88. The molecule has 0 aromatic heterocycles. The Morgan fingerprint density at radius 3 is 2.08 bits per heavy atom. The van der Waals surface area contributed by atoms with Crippen LogP contribution in [0.3, 0.4) is 0 Å². The summed E-state index contributed by atoms with van der Waals surface area (Å²) in [5, 5.41) is 19.0. The van der Waals surface area contributed by atoms with Crippen LogP contribution in [-0.2, 0) is 4.79 Å². The molecule has 0 aromatic rings. The number of Topliss-reactive ketones (excluding diaryl/α,β-unsaturated/α-hetero) is 1. The summed E-state index contributed by atoms with van der Waals surface area (Å²) in [5.74, 6) is 0.152. The minimum atomic E-state index is -0.744. The number of nitrogens with zero attached hydrogens (tertiary/aromatic N) is 1. The molecule has 12 heavy (non-hydrogen) atoms. The van der Waals surface area contributed by atoms with Gasteiger partial charge >= 0.3 is 0 Å². The second kappa shape index (κ2) is 2.52. The topological polar surface area (TPSA) is 60.8 Å². The van der Waals surface area contributed by atoms with Crippen LogP contribution >= 0.6 is 0 Å². The van der Waals surface area contributed by atoms with Crippen molar-refractivity contribution in [3.63, 3.8) is 0 Å². The quantitative estimate of drug-likeness (QED) is 0.478. The van der Waals surface area contributed by atoms with Gasteiger partial charge in [0, 0.05) is 24.9 Å². The van der Waals surface area contributed by atoms with Crippen LogP contribution in [0, 0.1) is 0 Å². The number of piperidine rings is 1. The molecule has 0 radical (unpaired) electrons. The molecule has 0 unspecified atom stereocenters. The standard InChI is InChI=1S/C8H13NO3/c1-9-5-2-4(10)3-6(9)8(12)7(5)11/h5-8,11-12H,2-3H2,1H3/t5-,6+,7+,8-. The molecule has 0 aromatic carbocycles. The molecule has 0 amide bonds. The number of carbonyl (C=O) groups is 1. The number of fused-ring (bicyclic) bond motifs is 2. The Kier molecular flexibility index (Phi) is 1.71. The third kappa shape index (κ3) is 0.920. The molecule has 68 valence electrons. The minimum absolute atomic E-state index is 0.152. The van der Waals surface area contributed by atoms with Crippen molar-refractivity contribution in [3.05, 3.63) is 0 Å². The van der Waals surface area contributed by atoms with Gasteiger partial charge < -0.3 is 10.2 Å². The fourth-order valence-corrected chi connectivity index (χ4v) is 2.26. The molecule has 2 saturated heterocycles. The predicted molar refractivity (Wildman–Crippen MR) is 41.6 cm³/mol. The van der Waals surface area contributed by atoms with Crippen molar-refractivity contribution in [1.29, 1.82) is 0 Å². The van der Waals surface area contributed by atoms with Crippen LogP contribution in [0.4, 0.5) is 0 Å². The Morgan fingerprint density at radius 2 is 1.67 bits per heavy atom. The van der Waals surface area contributed by atoms with E-state index in [1.54, 1.807) is 0 Å². The van der Waals surface area contributed by atoms with Gasteiger partial charge in [0.25, 0.3) is 0 Å². The zero-order valence-electron chi connectivity index (χ0n) is 6.97. The van der Waals surface area contributed by atoms with Crippen LogP contribution in [0.15, 0.2) is 0 Å². The van der Waals surface area contributed by atoms with Gasteiger partial charge in [-0.2, -0.15) is 0 Å². The van der Waals surface area contributed by atoms with Gasteiger partial charge in [0.1, 0.15) is 5.78 Å². The summed E-state index contributed by atoms with van der Waals surface area (Å²) < 4.78 is 0. The van der Waals surface area contributed by atoms with E-state index in [4.69, 9.17) is 0 Å². The second-order valence-electron chi connectivity index (χ2n) is 3.73. The Hall–Kier alpha value is -0.450. The zero-order valence-corrected chi connectivity index (χ0v) is 6.97. The molecular formula is C8H13NO3. The molecule has 2 N–H and O–H groups in total. The Morgan fingerprint density at radius 1 is 1.25 bits per heavy atom. The number of hydrogen-bond donors (Lipinski definition) is 2. The summed E-state index contributed by atoms with van der Waals surface area (Å²) in [6, 6.07) is -0.322. The molecule has 0 aliphatic carbocycles. The maximum atomic E-state index is 11.1. The van der Waals surface area contributed by atoms with Crippen LogP contribution in [0.5, 0.6) is 0 Å². The van der Waals surface area contributed by atoms with Gasteiger partial charge in [0.05, 0.1) is 12.2 Å². The van der Waals surface area contributed by atoms with E-state index in [9.17, 15) is 15.0 Å². The molecule has 4 atom stereocenters. The lowest BCUT2D eigenvalue weighted by atomic mass is 10.0. The van der Waals surface area contributed by atoms with Crippen molar-refractivity contribution in [3.8, 4) is 0 Å². The summed E-state index contributed by atoms with van der Waals surface area (Å²) in [5.41, 5.74) is 0. The Labute approximate surface area is 70.8 Å². The van der Waals surface area contributed by atoms with Crippen molar-refractivity contribution in [2.45, 2.75) is 37.1 Å². The lowest BCUT2D eigenvalue weighted by Crippen LogP contribution is -2.43. The van der Waals surface area contributed by atoms with Crippen molar-refractivity contribution < 1.29 is 15.0 Å². The number of likely N-dealkylation sites (N-methyl/N-ethyl adjacent to an activating group) is 1. The third-order valence-corrected chi connectivity index (χ3v) is 3.06. The molecule has 2 fully saturated rings. The predicted octanol–water partition coefficient (Wildman–Crippen LogP) is -1.25. The van der Waals surface area contributed by atoms with Gasteiger partial charge in [0.15, 0.2) is 0 Å². The summed E-state index contributed by atoms with van der Waals surface area (Å²) in [6.45, 7) is 0. The maximum Gasteiger partial charge on any atom is 0.136 e. The van der Waals surface area contributed by atoms with E-state index in [2.05, 4.69) is 0 Å². The van der Waals surface area contributed by atoms with Gasteiger partial charge in [-0.25, -0.2) is 0 Å². The summed E-state index contributed by atoms with van der Waals surface area (Å²) >= 11 is 0. The largest absolute Gasteiger partial charge is 0.389 e. The number of aliphatic hydroxyl groups excluding tert-OH is 2. The summed E-state index contributed by atoms with van der Waals surface area (Å²) in [4.78, 5) is 13.0. The Balaban J connectivity index is 2.26. The van der Waals surface area contributed by atoms with Gasteiger partial charge in [-0.15, -0.1) is 0 Å². The molecule has 2 aliphatic heterocycles. The van der Waals surface area contributed by atoms with E-state index in [1.807, 2.05) is 11.9 Å². The fraction of sp³-hybridized carbons (Fsp3) is 0.875. The highest BCUT2D eigenvalue weighted by Gasteiger charge is 2.50. The number of ketones is 1. The van der Waals surface area contributed by atoms with Crippen LogP contribution in [0.25, 0.3) is 0 Å². The van der Waals surface area contributed by atoms with Crippen molar-refractivity contribution >= 4 is 5.78 Å². The first-order valence-electron chi connectivity index (χ1n) is 4.21. The van der Waals surface area contributed by atoms with E-state index in [0.29, 0.717) is 12.8 Å². The SMILES string of the molecule is CN1[C@@H]2CC(=O)C[C@H]1[C@@H](O)[C@H]2O. The lowest BCUT2D eigenvalue weighted by molar-refractivity contribution is -0.124. The molecule has 2 heterocycles. The average molecular weight is 171 g/mol. The van der Waals surface area contributed by atoms with Crippen LogP contribution < -0.4 is 0 Å². The smallest absolute Gasteiger partial charge is 0.136 e. The molecule has 4 heteroatoms. The number of aliphatic hydroxyl groups is 2. The first kappa shape index (κ1) is 8.16. The third-order valence-electron chi connectivity index (χ3n) is 3.06. The molecule has 4 nitrogen and oxygen atoms in total. The highest BCUT2D eigenvalue weighted by atomic mass is 16.3. The van der Waals surface area contributed by atoms with Crippen LogP contribution in [-0.4, -0.2) is 52.2 Å². The first-order chi connectivity index (χ1) is 5.61. The maximum absolute atomic E-state index is 11.1. The molecular weight excluding hydrogens is 158 g/mol. The van der Waals surface area contributed by atoms with E-state index in [1.165, 1.54) is 0 Å². The minimum Gasteiger partial charge on any atom is -0.389 e. The average Bonchev–Trinajstić information content (AvgIpc) is 2.21. The van der Waals surface area contributed by atoms with Gasteiger partial charge in [0.2, 0.25) is 0 Å². The first-order valence-corrected chi connectivity index (χ1v) is 4.21. The molecule has 2 bridgehead atoms. The molecule has 2 rings (SSSR count). The summed E-state index contributed by atoms with van der Waals surface area (Å²) in [6.07, 6.45) is -0.728. The fourth-order valence-electron chi connectivity index (χ4n) is 2.26. The molecule has 0 saturated carbocycles. The second-order valence-corrected chi connectivity index (χ2v) is 3.73. The van der Waals surface area contributed by atoms with Crippen LogP contribution in [0.1, 0.15) is 12.8 Å². The number of rotatable bonds is 0. The highest BCUT2D eigenvalue weighted by molar-refractivity contribution is 5.81.